The van der Waals surface area contributed by atoms with Crippen molar-refractivity contribution in [2.24, 2.45) is 5.10 Å². The third-order valence-corrected chi connectivity index (χ3v) is 5.05. The number of methoxy groups -OCH3 is 2. The van der Waals surface area contributed by atoms with Crippen molar-refractivity contribution in [2.45, 2.75) is 19.1 Å². The van der Waals surface area contributed by atoms with Crippen molar-refractivity contribution in [3.05, 3.63) is 63.2 Å². The Morgan fingerprint density at radius 2 is 2.07 bits per heavy atom. The molecular weight excluding hydrogens is 394 g/mol. The lowest BCUT2D eigenvalue weighted by molar-refractivity contribution is -0.384. The Bertz CT molecular complexity index is 902. The maximum absolute atomic E-state index is 12.0. The Morgan fingerprint density at radius 3 is 2.72 bits per heavy atom. The number of amides is 1. The van der Waals surface area contributed by atoms with Crippen molar-refractivity contribution in [1.29, 1.82) is 0 Å². The van der Waals surface area contributed by atoms with E-state index < -0.39 is 4.92 Å². The first-order valence-corrected chi connectivity index (χ1v) is 10.0. The van der Waals surface area contributed by atoms with Gasteiger partial charge in [-0.05, 0) is 24.1 Å². The van der Waals surface area contributed by atoms with Crippen molar-refractivity contribution >= 4 is 29.6 Å². The molecule has 8 nitrogen and oxygen atoms in total. The molecule has 0 heterocycles. The zero-order valence-electron chi connectivity index (χ0n) is 16.5. The Labute approximate surface area is 173 Å². The molecule has 2 aromatic carbocycles. The third kappa shape index (κ3) is 6.21. The number of nitro groups is 1. The van der Waals surface area contributed by atoms with Crippen LogP contribution in [0.25, 0.3) is 0 Å². The lowest BCUT2D eigenvalue weighted by Crippen LogP contribution is -2.19. The second-order valence-electron chi connectivity index (χ2n) is 5.94. The van der Waals surface area contributed by atoms with Crippen LogP contribution in [0.3, 0.4) is 0 Å². The van der Waals surface area contributed by atoms with Gasteiger partial charge >= 0.3 is 0 Å². The lowest BCUT2D eigenvalue weighted by Gasteiger charge is -2.13. The van der Waals surface area contributed by atoms with Gasteiger partial charge in [-0.2, -0.15) is 5.10 Å². The average Bonchev–Trinajstić information content (AvgIpc) is 2.73. The van der Waals surface area contributed by atoms with Gasteiger partial charge in [0.25, 0.3) is 5.69 Å². The van der Waals surface area contributed by atoms with Crippen LogP contribution < -0.4 is 14.9 Å². The molecule has 0 spiro atoms. The molecule has 2 rings (SSSR count). The summed E-state index contributed by atoms with van der Waals surface area (Å²) in [6.07, 6.45) is 2.26. The minimum absolute atomic E-state index is 0.0389. The van der Waals surface area contributed by atoms with Gasteiger partial charge < -0.3 is 9.47 Å². The Morgan fingerprint density at radius 1 is 1.28 bits per heavy atom. The van der Waals surface area contributed by atoms with Gasteiger partial charge in [0.15, 0.2) is 0 Å². The number of hydrazone groups is 1. The minimum atomic E-state index is -0.438. The first-order valence-electron chi connectivity index (χ1n) is 8.87. The van der Waals surface area contributed by atoms with E-state index in [0.29, 0.717) is 11.5 Å². The Hall–Kier alpha value is -3.07. The van der Waals surface area contributed by atoms with E-state index in [1.54, 1.807) is 26.4 Å². The zero-order valence-corrected chi connectivity index (χ0v) is 17.3. The summed E-state index contributed by atoms with van der Waals surface area (Å²) in [6.45, 7) is 2.00. The van der Waals surface area contributed by atoms with E-state index in [9.17, 15) is 14.9 Å². The van der Waals surface area contributed by atoms with E-state index >= 15 is 0 Å². The molecule has 1 amide bonds. The number of carbonyl (C=O) groups excluding carboxylic acids is 1. The van der Waals surface area contributed by atoms with Gasteiger partial charge in [-0.3, -0.25) is 14.9 Å². The second kappa shape index (κ2) is 11.1. The van der Waals surface area contributed by atoms with Gasteiger partial charge in [0.2, 0.25) is 5.91 Å². The standard InChI is InChI=1S/C20H23N3O5S/c1-4-17-18(27-2)9-8-15(20(17)28-3)11-21-22-19(24)13-29-12-14-6-5-7-16(10-14)23(25)26/h5-11H,4,12-13H2,1-3H3,(H,22,24)/b21-11-. The second-order valence-corrected chi connectivity index (χ2v) is 6.92. The van der Waals surface area contributed by atoms with Crippen molar-refractivity contribution < 1.29 is 19.2 Å². The van der Waals surface area contributed by atoms with Crippen molar-refractivity contribution in [1.82, 2.24) is 5.43 Å². The number of non-ortho nitro benzene ring substituents is 1. The highest BCUT2D eigenvalue weighted by Crippen LogP contribution is 2.31. The van der Waals surface area contributed by atoms with Crippen LogP contribution in [0.4, 0.5) is 5.69 Å². The van der Waals surface area contributed by atoms with E-state index in [1.165, 1.54) is 30.1 Å². The van der Waals surface area contributed by atoms with Gasteiger partial charge in [-0.1, -0.05) is 19.1 Å². The largest absolute Gasteiger partial charge is 0.496 e. The van der Waals surface area contributed by atoms with Crippen molar-refractivity contribution in [3.8, 4) is 11.5 Å². The van der Waals surface area contributed by atoms with Crippen LogP contribution in [0, 0.1) is 10.1 Å². The van der Waals surface area contributed by atoms with Crippen molar-refractivity contribution in [2.75, 3.05) is 20.0 Å². The molecule has 0 bridgehead atoms. The maximum Gasteiger partial charge on any atom is 0.269 e. The van der Waals surface area contributed by atoms with Crippen LogP contribution in [-0.2, 0) is 17.0 Å². The van der Waals surface area contributed by atoms with Gasteiger partial charge in [0.1, 0.15) is 11.5 Å². The van der Waals surface area contributed by atoms with E-state index in [4.69, 9.17) is 9.47 Å². The summed E-state index contributed by atoms with van der Waals surface area (Å²) in [5.41, 5.74) is 4.97. The number of thioether (sulfide) groups is 1. The first-order chi connectivity index (χ1) is 14.0. The van der Waals surface area contributed by atoms with E-state index in [-0.39, 0.29) is 17.3 Å². The fourth-order valence-corrected chi connectivity index (χ4v) is 3.49. The van der Waals surface area contributed by atoms with E-state index in [0.717, 1.165) is 28.9 Å². The molecule has 1 N–H and O–H groups in total. The highest BCUT2D eigenvalue weighted by atomic mass is 32.2. The summed E-state index contributed by atoms with van der Waals surface area (Å²) in [5.74, 6) is 1.80. The molecule has 0 saturated carbocycles. The van der Waals surface area contributed by atoms with Gasteiger partial charge in [-0.25, -0.2) is 5.43 Å². The molecule has 0 radical (unpaired) electrons. The minimum Gasteiger partial charge on any atom is -0.496 e. The number of hydrogen-bond donors (Lipinski definition) is 1. The number of hydrogen-bond acceptors (Lipinski definition) is 7. The molecule has 0 aromatic heterocycles. The van der Waals surface area contributed by atoms with Crippen LogP contribution in [0.1, 0.15) is 23.6 Å². The molecule has 0 aliphatic rings. The quantitative estimate of drug-likeness (QED) is 0.360. The molecule has 29 heavy (non-hydrogen) atoms. The molecule has 154 valence electrons. The van der Waals surface area contributed by atoms with Crippen LogP contribution in [-0.4, -0.2) is 37.0 Å². The Balaban J connectivity index is 1.90. The first kappa shape index (κ1) is 22.2. The molecule has 0 unspecified atom stereocenters. The maximum atomic E-state index is 12.0. The molecule has 0 atom stereocenters. The predicted molar refractivity (Wildman–Crippen MR) is 114 cm³/mol. The topological polar surface area (TPSA) is 103 Å². The zero-order chi connectivity index (χ0) is 21.2. The average molecular weight is 417 g/mol. The van der Waals surface area contributed by atoms with E-state index in [1.807, 2.05) is 19.1 Å². The smallest absolute Gasteiger partial charge is 0.269 e. The number of nitro benzene ring substituents is 1. The number of nitrogens with one attached hydrogen (secondary N) is 1. The summed E-state index contributed by atoms with van der Waals surface area (Å²) >= 11 is 1.35. The molecular formula is C20H23N3O5S. The van der Waals surface area contributed by atoms with Gasteiger partial charge in [0, 0.05) is 29.0 Å². The van der Waals surface area contributed by atoms with E-state index in [2.05, 4.69) is 10.5 Å². The number of benzene rings is 2. The third-order valence-electron chi connectivity index (χ3n) is 4.04. The summed E-state index contributed by atoms with van der Waals surface area (Å²) in [4.78, 5) is 22.3. The van der Waals surface area contributed by atoms with Crippen molar-refractivity contribution in [3.63, 3.8) is 0 Å². The summed E-state index contributed by atoms with van der Waals surface area (Å²) in [5, 5.41) is 14.8. The number of nitrogens with zero attached hydrogens (tertiary/aromatic N) is 2. The number of ether oxygens (including phenoxy) is 2. The highest BCUT2D eigenvalue weighted by Gasteiger charge is 2.12. The summed E-state index contributed by atoms with van der Waals surface area (Å²) in [7, 11) is 3.18. The normalized spacial score (nSPS) is 10.7. The van der Waals surface area contributed by atoms with Crippen LogP contribution in [0.15, 0.2) is 41.5 Å². The number of rotatable bonds is 10. The SMILES string of the molecule is CCc1c(OC)ccc(/C=N\NC(=O)CSCc2cccc([N+](=O)[O-])c2)c1OC. The molecule has 9 heteroatoms. The monoisotopic (exact) mass is 417 g/mol. The lowest BCUT2D eigenvalue weighted by atomic mass is 10.1. The van der Waals surface area contributed by atoms with Gasteiger partial charge in [0.05, 0.1) is 31.1 Å². The fourth-order valence-electron chi connectivity index (χ4n) is 2.72. The van der Waals surface area contributed by atoms with Crippen LogP contribution in [0.5, 0.6) is 11.5 Å². The molecule has 0 fully saturated rings. The molecule has 0 aliphatic carbocycles. The molecule has 0 aliphatic heterocycles. The highest BCUT2D eigenvalue weighted by molar-refractivity contribution is 7.99. The molecule has 0 saturated heterocycles. The fraction of sp³-hybridized carbons (Fsp3) is 0.300. The predicted octanol–water partition coefficient (Wildman–Crippen LogP) is 3.56. The van der Waals surface area contributed by atoms with Crippen LogP contribution in [0.2, 0.25) is 0 Å². The molecule has 2 aromatic rings. The summed E-state index contributed by atoms with van der Waals surface area (Å²) in [6, 6.07) is 10.0. The Kier molecular flexibility index (Phi) is 8.47. The summed E-state index contributed by atoms with van der Waals surface area (Å²) < 4.78 is 10.8. The number of carbonyl (C=O) groups is 1. The van der Waals surface area contributed by atoms with Gasteiger partial charge in [-0.15, -0.1) is 11.8 Å². The van der Waals surface area contributed by atoms with Crippen LogP contribution >= 0.6 is 11.8 Å².